The van der Waals surface area contributed by atoms with Crippen LogP contribution >= 0.6 is 0 Å². The van der Waals surface area contributed by atoms with Crippen molar-refractivity contribution < 1.29 is 9.90 Å². The summed E-state index contributed by atoms with van der Waals surface area (Å²) in [6, 6.07) is 3.32. The zero-order valence-corrected chi connectivity index (χ0v) is 11.0. The largest absolute Gasteiger partial charge is 0.395 e. The number of hydrazine groups is 1. The lowest BCUT2D eigenvalue weighted by Crippen LogP contribution is -2.39. The third kappa shape index (κ3) is 3.41. The molecule has 0 spiro atoms. The number of pyridine rings is 1. The highest BCUT2D eigenvalue weighted by Gasteiger charge is 2.19. The molecule has 100 valence electrons. The lowest BCUT2D eigenvalue weighted by Gasteiger charge is -2.26. The summed E-state index contributed by atoms with van der Waals surface area (Å²) in [7, 11) is 0. The van der Waals surface area contributed by atoms with Crippen LogP contribution in [-0.2, 0) is 0 Å². The summed E-state index contributed by atoms with van der Waals surface area (Å²) in [5.41, 5.74) is 3.65. The topological polar surface area (TPSA) is 91.5 Å². The first kappa shape index (κ1) is 14.4. The van der Waals surface area contributed by atoms with Crippen molar-refractivity contribution in [2.24, 2.45) is 5.84 Å². The Hall–Kier alpha value is -1.66. The van der Waals surface area contributed by atoms with Gasteiger partial charge in [-0.3, -0.25) is 4.79 Å². The van der Waals surface area contributed by atoms with Crippen LogP contribution in [0.5, 0.6) is 0 Å². The Balaban J connectivity index is 3.04. The molecule has 0 aromatic carbocycles. The fourth-order valence-electron chi connectivity index (χ4n) is 1.73. The average molecular weight is 252 g/mol. The van der Waals surface area contributed by atoms with Gasteiger partial charge < -0.3 is 15.4 Å². The number of nitrogens with two attached hydrogens (primary N) is 1. The normalized spacial score (nSPS) is 10.6. The fourth-order valence-corrected chi connectivity index (χ4v) is 1.73. The van der Waals surface area contributed by atoms with Crippen LogP contribution in [-0.4, -0.2) is 40.1 Å². The third-order valence-electron chi connectivity index (χ3n) is 2.57. The van der Waals surface area contributed by atoms with Gasteiger partial charge in [0.1, 0.15) is 5.82 Å². The molecule has 4 N–H and O–H groups in total. The number of aliphatic hydroxyl groups is 1. The first-order valence-corrected chi connectivity index (χ1v) is 5.86. The second-order valence-electron chi connectivity index (χ2n) is 4.34. The van der Waals surface area contributed by atoms with Gasteiger partial charge >= 0.3 is 0 Å². The molecule has 18 heavy (non-hydrogen) atoms. The summed E-state index contributed by atoms with van der Waals surface area (Å²) in [6.07, 6.45) is 0. The van der Waals surface area contributed by atoms with Gasteiger partial charge in [0.15, 0.2) is 0 Å². The number of hydrogen-bond donors (Lipinski definition) is 3. The summed E-state index contributed by atoms with van der Waals surface area (Å²) in [5.74, 6) is 5.62. The Kier molecular flexibility index (Phi) is 5.06. The minimum atomic E-state index is -0.138. The number of hydrogen-bond acceptors (Lipinski definition) is 5. The second kappa shape index (κ2) is 6.32. The van der Waals surface area contributed by atoms with E-state index in [0.29, 0.717) is 23.6 Å². The molecule has 1 aromatic heterocycles. The number of rotatable bonds is 5. The van der Waals surface area contributed by atoms with Gasteiger partial charge in [0.2, 0.25) is 0 Å². The van der Waals surface area contributed by atoms with Gasteiger partial charge in [-0.15, -0.1) is 0 Å². The van der Waals surface area contributed by atoms with E-state index < -0.39 is 0 Å². The minimum absolute atomic E-state index is 0.0207. The molecule has 0 fully saturated rings. The van der Waals surface area contributed by atoms with Crippen molar-refractivity contribution in [3.05, 3.63) is 23.4 Å². The summed E-state index contributed by atoms with van der Waals surface area (Å²) in [6.45, 7) is 5.86. The highest BCUT2D eigenvalue weighted by Crippen LogP contribution is 2.13. The summed E-state index contributed by atoms with van der Waals surface area (Å²) in [5, 5.41) is 9.00. The molecule has 0 aliphatic heterocycles. The van der Waals surface area contributed by atoms with Gasteiger partial charge in [-0.25, -0.2) is 10.8 Å². The van der Waals surface area contributed by atoms with Gasteiger partial charge in [0.25, 0.3) is 5.91 Å². The zero-order valence-electron chi connectivity index (χ0n) is 11.0. The highest BCUT2D eigenvalue weighted by molar-refractivity contribution is 5.95. The van der Waals surface area contributed by atoms with Crippen molar-refractivity contribution in [2.45, 2.75) is 26.8 Å². The lowest BCUT2D eigenvalue weighted by molar-refractivity contribution is 0.0665. The number of carbonyl (C=O) groups excluding carboxylic acids is 1. The van der Waals surface area contributed by atoms with Crippen molar-refractivity contribution in [1.82, 2.24) is 9.88 Å². The van der Waals surface area contributed by atoms with Crippen LogP contribution in [0.3, 0.4) is 0 Å². The zero-order chi connectivity index (χ0) is 13.7. The van der Waals surface area contributed by atoms with E-state index in [0.717, 1.165) is 0 Å². The number of nitrogens with zero attached hydrogens (tertiary/aromatic N) is 2. The molecule has 6 nitrogen and oxygen atoms in total. The highest BCUT2D eigenvalue weighted by atomic mass is 16.3. The van der Waals surface area contributed by atoms with Gasteiger partial charge in [-0.2, -0.15) is 0 Å². The first-order valence-electron chi connectivity index (χ1n) is 5.86. The van der Waals surface area contributed by atoms with Crippen molar-refractivity contribution in [1.29, 1.82) is 0 Å². The Labute approximate surface area is 107 Å². The lowest BCUT2D eigenvalue weighted by atomic mass is 10.1. The van der Waals surface area contributed by atoms with Crippen molar-refractivity contribution in [3.8, 4) is 0 Å². The van der Waals surface area contributed by atoms with E-state index in [1.165, 1.54) is 0 Å². The molecule has 1 heterocycles. The Morgan fingerprint density at radius 3 is 2.72 bits per heavy atom. The monoisotopic (exact) mass is 252 g/mol. The number of aromatic nitrogens is 1. The third-order valence-corrected chi connectivity index (χ3v) is 2.57. The van der Waals surface area contributed by atoms with Crippen LogP contribution in [0.15, 0.2) is 12.1 Å². The Morgan fingerprint density at radius 1 is 1.56 bits per heavy atom. The van der Waals surface area contributed by atoms with Crippen molar-refractivity contribution in [3.63, 3.8) is 0 Å². The molecule has 0 atom stereocenters. The van der Waals surface area contributed by atoms with Gasteiger partial charge in [-0.1, -0.05) is 0 Å². The quantitative estimate of drug-likeness (QED) is 0.525. The van der Waals surface area contributed by atoms with Gasteiger partial charge in [0, 0.05) is 23.8 Å². The van der Waals surface area contributed by atoms with Crippen molar-refractivity contribution in [2.75, 3.05) is 18.6 Å². The number of nitrogens with one attached hydrogen (secondary N) is 1. The Morgan fingerprint density at radius 2 is 2.22 bits per heavy atom. The predicted octanol–water partition coefficient (Wildman–Crippen LogP) is 0.519. The van der Waals surface area contributed by atoms with Crippen LogP contribution < -0.4 is 11.3 Å². The van der Waals surface area contributed by atoms with E-state index in [4.69, 9.17) is 10.9 Å². The van der Waals surface area contributed by atoms with E-state index in [9.17, 15) is 4.79 Å². The van der Waals surface area contributed by atoms with E-state index in [1.54, 1.807) is 24.0 Å². The first-order chi connectivity index (χ1) is 8.49. The number of anilines is 1. The van der Waals surface area contributed by atoms with E-state index in [1.807, 2.05) is 13.8 Å². The number of aliphatic hydroxyl groups excluding tert-OH is 1. The van der Waals surface area contributed by atoms with Crippen molar-refractivity contribution >= 4 is 11.7 Å². The molecule has 0 saturated heterocycles. The number of carbonyl (C=O) groups is 1. The molecule has 0 aliphatic carbocycles. The molecule has 1 aromatic rings. The standard InChI is InChI=1S/C12H20N4O2/c1-8(2)16(4-5-17)12(18)10-6-9(3)14-11(7-10)15-13/h6-8,17H,4-5,13H2,1-3H3,(H,14,15). The molecule has 1 rings (SSSR count). The minimum Gasteiger partial charge on any atom is -0.395 e. The summed E-state index contributed by atoms with van der Waals surface area (Å²) in [4.78, 5) is 18.0. The second-order valence-corrected chi connectivity index (χ2v) is 4.34. The molecular formula is C12H20N4O2. The molecule has 0 aliphatic rings. The van der Waals surface area contributed by atoms with Crippen LogP contribution in [0, 0.1) is 6.92 Å². The smallest absolute Gasteiger partial charge is 0.254 e. The number of amides is 1. The summed E-state index contributed by atoms with van der Waals surface area (Å²) >= 11 is 0. The average Bonchev–Trinajstić information content (AvgIpc) is 2.33. The molecule has 0 radical (unpaired) electrons. The van der Waals surface area contributed by atoms with E-state index >= 15 is 0 Å². The molecule has 6 heteroatoms. The maximum atomic E-state index is 12.3. The maximum Gasteiger partial charge on any atom is 0.254 e. The van der Waals surface area contributed by atoms with Crippen LogP contribution in [0.2, 0.25) is 0 Å². The number of nitrogen functional groups attached to an aromatic ring is 1. The molecule has 0 unspecified atom stereocenters. The molecule has 0 saturated carbocycles. The fraction of sp³-hybridized carbons (Fsp3) is 0.500. The van der Waals surface area contributed by atoms with Crippen LogP contribution in [0.1, 0.15) is 29.9 Å². The summed E-state index contributed by atoms with van der Waals surface area (Å²) < 4.78 is 0. The Bertz CT molecular complexity index is 421. The van der Waals surface area contributed by atoms with Gasteiger partial charge in [-0.05, 0) is 32.9 Å². The van der Waals surface area contributed by atoms with Crippen LogP contribution in [0.25, 0.3) is 0 Å². The maximum absolute atomic E-state index is 12.3. The molecule has 1 amide bonds. The van der Waals surface area contributed by atoms with E-state index in [-0.39, 0.29) is 18.6 Å². The predicted molar refractivity (Wildman–Crippen MR) is 70.0 cm³/mol. The molecular weight excluding hydrogens is 232 g/mol. The van der Waals surface area contributed by atoms with Gasteiger partial charge in [0.05, 0.1) is 6.61 Å². The van der Waals surface area contributed by atoms with E-state index in [2.05, 4.69) is 10.4 Å². The van der Waals surface area contributed by atoms with Crippen LogP contribution in [0.4, 0.5) is 5.82 Å². The number of aryl methyl sites for hydroxylation is 1. The molecule has 0 bridgehead atoms. The SMILES string of the molecule is Cc1cc(C(=O)N(CCO)C(C)C)cc(NN)n1.